The molecule has 2 nitrogen and oxygen atoms in total. The van der Waals surface area contributed by atoms with E-state index in [1.54, 1.807) is 0 Å². The van der Waals surface area contributed by atoms with Gasteiger partial charge in [-0.2, -0.15) is 0 Å². The average Bonchev–Trinajstić information content (AvgIpc) is 1.95. The summed E-state index contributed by atoms with van der Waals surface area (Å²) in [4.78, 5) is 14.0. The van der Waals surface area contributed by atoms with Crippen molar-refractivity contribution in [3.05, 3.63) is 0 Å². The summed E-state index contributed by atoms with van der Waals surface area (Å²) < 4.78 is 0.425. The van der Waals surface area contributed by atoms with E-state index in [4.69, 9.17) is 0 Å². The van der Waals surface area contributed by atoms with Crippen molar-refractivity contribution in [1.82, 2.24) is 4.90 Å². The zero-order valence-corrected chi connectivity index (χ0v) is 11.8. The molecule has 1 radical (unpaired) electrons. The second-order valence-corrected chi connectivity index (χ2v) is 7.17. The van der Waals surface area contributed by atoms with E-state index in [1.807, 2.05) is 20.8 Å². The standard InChI is InChI=1S/C6H14N.C5H9O.Al/c1-6(2,3)7(4)5;1-5(2,3)4-6;/h4H2,1-3,5H3;1-3H3;. The van der Waals surface area contributed by atoms with Crippen LogP contribution in [0.4, 0.5) is 0 Å². The Bertz CT molecular complexity index is 200. The molecule has 0 rings (SSSR count). The van der Waals surface area contributed by atoms with E-state index < -0.39 is 0 Å². The van der Waals surface area contributed by atoms with Crippen LogP contribution in [0, 0.1) is 5.41 Å². The Balaban J connectivity index is 4.03. The number of hydrogen-bond acceptors (Lipinski definition) is 2. The molecule has 3 heteroatoms. The fourth-order valence-corrected chi connectivity index (χ4v) is 2.40. The van der Waals surface area contributed by atoms with Gasteiger partial charge in [0.15, 0.2) is 0 Å². The monoisotopic (exact) mass is 212 g/mol. The molecule has 0 atom stereocenters. The highest BCUT2D eigenvalue weighted by Gasteiger charge is 2.24. The van der Waals surface area contributed by atoms with Crippen molar-refractivity contribution in [2.75, 3.05) is 12.5 Å². The minimum Gasteiger partial charge on any atom is -0.322 e. The van der Waals surface area contributed by atoms with Crippen LogP contribution in [0.1, 0.15) is 41.5 Å². The number of nitrogens with zero attached hydrogens (tertiary/aromatic N) is 1. The molecule has 81 valence electrons. The molecule has 0 N–H and O–H groups in total. The summed E-state index contributed by atoms with van der Waals surface area (Å²) in [5.41, 5.74) is 0.0131. The molecule has 0 aromatic rings. The summed E-state index contributed by atoms with van der Waals surface area (Å²) in [6.07, 6.45) is 0. The molecule has 0 saturated carbocycles. The van der Waals surface area contributed by atoms with Crippen molar-refractivity contribution in [3.8, 4) is 0 Å². The van der Waals surface area contributed by atoms with Gasteiger partial charge in [0.1, 0.15) is 0 Å². The molecular formula is C11H23AlNO. The first kappa shape index (κ1) is 14.2. The summed E-state index contributed by atoms with van der Waals surface area (Å²) in [5, 5.41) is 0.930. The van der Waals surface area contributed by atoms with Gasteiger partial charge >= 0.3 is 15.2 Å². The van der Waals surface area contributed by atoms with E-state index in [1.165, 1.54) is 0 Å². The van der Waals surface area contributed by atoms with Gasteiger partial charge < -0.3 is 9.69 Å². The lowest BCUT2D eigenvalue weighted by Crippen LogP contribution is -2.43. The van der Waals surface area contributed by atoms with Crippen molar-refractivity contribution in [2.24, 2.45) is 5.41 Å². The lowest BCUT2D eigenvalue weighted by molar-refractivity contribution is -0.118. The number of carbonyl (C=O) groups excluding carboxylic acids is 1. The molecule has 0 amide bonds. The summed E-state index contributed by atoms with van der Waals surface area (Å²) in [7, 11) is 2.09. The van der Waals surface area contributed by atoms with Gasteiger partial charge in [-0.1, -0.05) is 20.8 Å². The van der Waals surface area contributed by atoms with E-state index in [2.05, 4.69) is 32.7 Å². The molecule has 0 spiro atoms. The van der Waals surface area contributed by atoms with Gasteiger partial charge in [0.05, 0.1) is 0 Å². The van der Waals surface area contributed by atoms with Crippen molar-refractivity contribution in [1.29, 1.82) is 0 Å². The van der Waals surface area contributed by atoms with Crippen LogP contribution in [0.5, 0.6) is 0 Å². The Morgan fingerprint density at radius 3 is 1.86 bits per heavy atom. The van der Waals surface area contributed by atoms with Crippen molar-refractivity contribution >= 4 is 19.9 Å². The third-order valence-corrected chi connectivity index (χ3v) is 4.40. The molecule has 0 heterocycles. The number of hydrogen-bond donors (Lipinski definition) is 0. The minimum absolute atomic E-state index is 0.105. The van der Waals surface area contributed by atoms with Gasteiger partial charge in [0.25, 0.3) is 0 Å². The molecule has 0 saturated heterocycles. The van der Waals surface area contributed by atoms with Crippen LogP contribution in [0.15, 0.2) is 0 Å². The second kappa shape index (κ2) is 4.79. The van der Waals surface area contributed by atoms with Gasteiger partial charge in [-0.15, -0.1) is 0 Å². The molecular weight excluding hydrogens is 189 g/mol. The molecule has 14 heavy (non-hydrogen) atoms. The highest BCUT2D eigenvalue weighted by molar-refractivity contribution is 6.74. The molecule has 0 unspecified atom stereocenters. The Labute approximate surface area is 94.8 Å². The highest BCUT2D eigenvalue weighted by atomic mass is 27.1. The zero-order chi connectivity index (χ0) is 11.6. The topological polar surface area (TPSA) is 20.3 Å². The van der Waals surface area contributed by atoms with Crippen molar-refractivity contribution in [2.45, 2.75) is 47.1 Å². The van der Waals surface area contributed by atoms with Crippen molar-refractivity contribution < 1.29 is 4.79 Å². The van der Waals surface area contributed by atoms with Crippen LogP contribution in [-0.4, -0.2) is 42.8 Å². The number of carbonyl (C=O) groups is 1. The molecule has 0 fully saturated rings. The highest BCUT2D eigenvalue weighted by Crippen LogP contribution is 2.14. The summed E-state index contributed by atoms with van der Waals surface area (Å²) in [6, 6.07) is 0. The van der Waals surface area contributed by atoms with Gasteiger partial charge in [0, 0.05) is 15.6 Å². The second-order valence-electron chi connectivity index (χ2n) is 5.87. The predicted molar refractivity (Wildman–Crippen MR) is 62.6 cm³/mol. The van der Waals surface area contributed by atoms with Gasteiger partial charge in [0.2, 0.25) is 0 Å². The zero-order valence-electron chi connectivity index (χ0n) is 10.6. The first-order valence-corrected chi connectivity index (χ1v) is 6.53. The quantitative estimate of drug-likeness (QED) is 0.666. The lowest BCUT2D eigenvalue weighted by atomic mass is 9.99. The van der Waals surface area contributed by atoms with Crippen LogP contribution in [0.3, 0.4) is 0 Å². The summed E-state index contributed by atoms with van der Waals surface area (Å²) in [5.74, 6) is 0. The predicted octanol–water partition coefficient (Wildman–Crippen LogP) is 1.95. The van der Waals surface area contributed by atoms with Gasteiger partial charge in [-0.25, -0.2) is 0 Å². The van der Waals surface area contributed by atoms with Gasteiger partial charge in [-0.3, -0.25) is 0 Å². The van der Waals surface area contributed by atoms with Crippen LogP contribution in [-0.2, 0) is 4.79 Å². The third-order valence-electron chi connectivity index (χ3n) is 2.43. The maximum Gasteiger partial charge on any atom is 0.334 e. The summed E-state index contributed by atoms with van der Waals surface area (Å²) >= 11 is -0.105. The SMILES string of the molecule is CN([CH2][Al][C](=O)C(C)(C)C)C(C)(C)C. The first-order chi connectivity index (χ1) is 6.05. The molecule has 0 aliphatic rings. The van der Waals surface area contributed by atoms with Crippen LogP contribution in [0.25, 0.3) is 0 Å². The average molecular weight is 212 g/mol. The van der Waals surface area contributed by atoms with E-state index in [0.717, 1.165) is 5.41 Å². The molecule has 0 aliphatic carbocycles. The van der Waals surface area contributed by atoms with Crippen molar-refractivity contribution in [3.63, 3.8) is 0 Å². The molecule has 0 aromatic heterocycles. The van der Waals surface area contributed by atoms with Crippen LogP contribution in [0.2, 0.25) is 0 Å². The minimum atomic E-state index is -0.159. The summed E-state index contributed by atoms with van der Waals surface area (Å²) in [6.45, 7) is 12.5. The van der Waals surface area contributed by atoms with Crippen LogP contribution >= 0.6 is 0 Å². The van der Waals surface area contributed by atoms with E-state index in [0.29, 0.717) is 4.65 Å². The molecule has 0 bridgehead atoms. The Morgan fingerprint density at radius 2 is 1.57 bits per heavy atom. The Hall–Kier alpha value is 0.162. The largest absolute Gasteiger partial charge is 0.334 e. The Kier molecular flexibility index (Phi) is 4.85. The third kappa shape index (κ3) is 5.14. The first-order valence-electron chi connectivity index (χ1n) is 5.14. The molecule has 0 aliphatic heterocycles. The van der Waals surface area contributed by atoms with E-state index in [-0.39, 0.29) is 26.2 Å². The fraction of sp³-hybridized carbons (Fsp3) is 0.909. The maximum atomic E-state index is 11.7. The normalized spacial score (nSPS) is 13.1. The van der Waals surface area contributed by atoms with Crippen LogP contribution < -0.4 is 0 Å². The lowest BCUT2D eigenvalue weighted by Gasteiger charge is -2.32. The maximum absolute atomic E-state index is 11.7. The molecule has 0 aromatic carbocycles. The van der Waals surface area contributed by atoms with E-state index in [9.17, 15) is 4.79 Å². The fourth-order valence-electron chi connectivity index (χ4n) is 0.800. The van der Waals surface area contributed by atoms with E-state index >= 15 is 0 Å². The smallest absolute Gasteiger partial charge is 0.322 e. The Morgan fingerprint density at radius 1 is 1.14 bits per heavy atom. The van der Waals surface area contributed by atoms with Gasteiger partial charge in [-0.05, 0) is 33.2 Å². The number of rotatable bonds is 3.